The van der Waals surface area contributed by atoms with Gasteiger partial charge in [-0.1, -0.05) is 33.6 Å². The normalized spacial score (nSPS) is 54.5. The van der Waals surface area contributed by atoms with Gasteiger partial charge in [-0.25, -0.2) is 0 Å². The van der Waals surface area contributed by atoms with Crippen molar-refractivity contribution in [3.63, 3.8) is 0 Å². The highest BCUT2D eigenvalue weighted by molar-refractivity contribution is 5.86. The molecule has 0 saturated heterocycles. The van der Waals surface area contributed by atoms with E-state index in [1.165, 1.54) is 57.8 Å². The molecule has 0 unspecified atom stereocenters. The van der Waals surface area contributed by atoms with Gasteiger partial charge in [0, 0.05) is 11.8 Å². The Kier molecular flexibility index (Phi) is 3.51. The first-order valence-electron chi connectivity index (χ1n) is 10.0. The van der Waals surface area contributed by atoms with Crippen molar-refractivity contribution in [2.45, 2.75) is 85.0 Å². The molecule has 4 fully saturated rings. The van der Waals surface area contributed by atoms with E-state index in [-0.39, 0.29) is 5.41 Å². The van der Waals surface area contributed by atoms with Crippen molar-refractivity contribution in [1.29, 1.82) is 0 Å². The molecule has 0 heterocycles. The first kappa shape index (κ1) is 15.2. The Bertz CT molecular complexity index is 469. The molecule has 4 aliphatic carbocycles. The molecule has 0 aromatic heterocycles. The zero-order valence-electron chi connectivity index (χ0n) is 14.9. The maximum absolute atomic E-state index is 13.1. The summed E-state index contributed by atoms with van der Waals surface area (Å²) >= 11 is 0. The second-order valence-electron chi connectivity index (χ2n) is 9.66. The van der Waals surface area contributed by atoms with Crippen LogP contribution in [-0.4, -0.2) is 5.78 Å². The highest BCUT2D eigenvalue weighted by Crippen LogP contribution is 2.65. The summed E-state index contributed by atoms with van der Waals surface area (Å²) in [5.74, 6) is 4.54. The van der Waals surface area contributed by atoms with Crippen molar-refractivity contribution in [2.75, 3.05) is 0 Å². The van der Waals surface area contributed by atoms with Gasteiger partial charge in [0.15, 0.2) is 0 Å². The van der Waals surface area contributed by atoms with E-state index >= 15 is 0 Å². The molecule has 22 heavy (non-hydrogen) atoms. The van der Waals surface area contributed by atoms with E-state index in [1.54, 1.807) is 0 Å². The molecule has 4 saturated carbocycles. The van der Waals surface area contributed by atoms with Crippen molar-refractivity contribution < 1.29 is 4.79 Å². The second-order valence-corrected chi connectivity index (χ2v) is 9.66. The highest BCUT2D eigenvalue weighted by Gasteiger charge is 2.60. The smallest absolute Gasteiger partial charge is 0.139 e. The van der Waals surface area contributed by atoms with E-state index in [2.05, 4.69) is 20.8 Å². The van der Waals surface area contributed by atoms with E-state index in [4.69, 9.17) is 0 Å². The zero-order valence-corrected chi connectivity index (χ0v) is 14.9. The number of hydrogen-bond donors (Lipinski definition) is 0. The Labute approximate surface area is 136 Å². The average molecular weight is 303 g/mol. The van der Waals surface area contributed by atoms with Gasteiger partial charge in [-0.3, -0.25) is 4.79 Å². The van der Waals surface area contributed by atoms with Crippen LogP contribution in [0.15, 0.2) is 0 Å². The Morgan fingerprint density at radius 1 is 1.05 bits per heavy atom. The molecule has 7 atom stereocenters. The van der Waals surface area contributed by atoms with Crippen LogP contribution in [0.3, 0.4) is 0 Å². The van der Waals surface area contributed by atoms with Crippen molar-refractivity contribution >= 4 is 5.78 Å². The van der Waals surface area contributed by atoms with Crippen LogP contribution in [-0.2, 0) is 4.79 Å². The summed E-state index contributed by atoms with van der Waals surface area (Å²) in [5, 5.41) is 0. The van der Waals surface area contributed by atoms with Crippen LogP contribution in [0.1, 0.15) is 85.0 Å². The van der Waals surface area contributed by atoms with Gasteiger partial charge in [0.1, 0.15) is 5.78 Å². The van der Waals surface area contributed by atoms with Crippen LogP contribution in [0.4, 0.5) is 0 Å². The fourth-order valence-electron chi connectivity index (χ4n) is 7.50. The predicted molar refractivity (Wildman–Crippen MR) is 90.5 cm³/mol. The van der Waals surface area contributed by atoms with Crippen LogP contribution in [0.2, 0.25) is 0 Å². The standard InChI is InChI=1S/C21H34O/c1-4-14-12-15-7-8-16-17-6-5-10-20(17,2)11-9-18(16)21(15,3)19(22)13-14/h14-18H,4-13H2,1-3H3/t14-,15-,16+,17-,18+,20-,21-/m0/s1. The lowest BCUT2D eigenvalue weighted by Crippen LogP contribution is -2.56. The van der Waals surface area contributed by atoms with Gasteiger partial charge in [0.2, 0.25) is 0 Å². The lowest BCUT2D eigenvalue weighted by Gasteiger charge is -2.59. The number of carbonyl (C=O) groups excluding carboxylic acids is 1. The third-order valence-corrected chi connectivity index (χ3v) is 8.96. The molecule has 124 valence electrons. The summed E-state index contributed by atoms with van der Waals surface area (Å²) in [4.78, 5) is 13.1. The zero-order chi connectivity index (χ0) is 15.5. The summed E-state index contributed by atoms with van der Waals surface area (Å²) < 4.78 is 0. The first-order chi connectivity index (χ1) is 10.5. The van der Waals surface area contributed by atoms with Gasteiger partial charge in [-0.15, -0.1) is 0 Å². The van der Waals surface area contributed by atoms with E-state index in [9.17, 15) is 4.79 Å². The van der Waals surface area contributed by atoms with Gasteiger partial charge in [-0.05, 0) is 80.0 Å². The van der Waals surface area contributed by atoms with Crippen molar-refractivity contribution in [3.05, 3.63) is 0 Å². The van der Waals surface area contributed by atoms with Crippen LogP contribution < -0.4 is 0 Å². The molecule has 1 nitrogen and oxygen atoms in total. The molecule has 0 N–H and O–H groups in total. The third kappa shape index (κ3) is 1.93. The Hall–Kier alpha value is -0.330. The summed E-state index contributed by atoms with van der Waals surface area (Å²) in [6.45, 7) is 7.22. The Morgan fingerprint density at radius 3 is 2.64 bits per heavy atom. The van der Waals surface area contributed by atoms with Crippen LogP contribution >= 0.6 is 0 Å². The fourth-order valence-corrected chi connectivity index (χ4v) is 7.50. The van der Waals surface area contributed by atoms with Crippen molar-refractivity contribution in [1.82, 2.24) is 0 Å². The molecule has 0 aromatic carbocycles. The summed E-state index contributed by atoms with van der Waals surface area (Å²) in [5.41, 5.74) is 0.659. The third-order valence-electron chi connectivity index (χ3n) is 8.96. The maximum atomic E-state index is 13.1. The number of hydrogen-bond acceptors (Lipinski definition) is 1. The van der Waals surface area contributed by atoms with Gasteiger partial charge < -0.3 is 0 Å². The molecule has 0 radical (unpaired) electrons. The van der Waals surface area contributed by atoms with Crippen molar-refractivity contribution in [2.24, 2.45) is 40.4 Å². The SMILES string of the molecule is CC[C@@H]1CC(=O)[C@@]2(C)[C@@H](CC[C@H]3[C@H]2CC[C@]2(C)CCC[C@@H]32)C1. The van der Waals surface area contributed by atoms with Gasteiger partial charge >= 0.3 is 0 Å². The molecule has 0 aromatic rings. The number of rotatable bonds is 1. The molecule has 4 aliphatic rings. The second kappa shape index (κ2) is 5.08. The van der Waals surface area contributed by atoms with Crippen LogP contribution in [0.25, 0.3) is 0 Å². The maximum Gasteiger partial charge on any atom is 0.139 e. The molecule has 0 aliphatic heterocycles. The number of ketones is 1. The average Bonchev–Trinajstić information content (AvgIpc) is 2.90. The van der Waals surface area contributed by atoms with E-state index in [0.717, 1.165) is 18.3 Å². The van der Waals surface area contributed by atoms with E-state index in [1.807, 2.05) is 0 Å². The minimum absolute atomic E-state index is 0.0402. The number of fused-ring (bicyclic) bond motifs is 5. The molecule has 0 amide bonds. The summed E-state index contributed by atoms with van der Waals surface area (Å²) in [6, 6.07) is 0. The van der Waals surface area contributed by atoms with Gasteiger partial charge in [0.05, 0.1) is 0 Å². The van der Waals surface area contributed by atoms with Gasteiger partial charge in [-0.2, -0.15) is 0 Å². The Morgan fingerprint density at radius 2 is 1.86 bits per heavy atom. The largest absolute Gasteiger partial charge is 0.299 e. The van der Waals surface area contributed by atoms with Crippen LogP contribution in [0.5, 0.6) is 0 Å². The van der Waals surface area contributed by atoms with Crippen LogP contribution in [0, 0.1) is 40.4 Å². The highest BCUT2D eigenvalue weighted by atomic mass is 16.1. The van der Waals surface area contributed by atoms with E-state index < -0.39 is 0 Å². The molecule has 0 spiro atoms. The van der Waals surface area contributed by atoms with E-state index in [0.29, 0.717) is 29.0 Å². The number of carbonyl (C=O) groups is 1. The molecule has 0 bridgehead atoms. The van der Waals surface area contributed by atoms with Gasteiger partial charge in [0.25, 0.3) is 0 Å². The molecule has 4 rings (SSSR count). The molecular formula is C21H34O. The topological polar surface area (TPSA) is 17.1 Å². The number of Topliss-reactive ketones (excluding diaryl/α,β-unsaturated/α-hetero) is 1. The van der Waals surface area contributed by atoms with Crippen molar-refractivity contribution in [3.8, 4) is 0 Å². The minimum Gasteiger partial charge on any atom is -0.299 e. The Balaban J connectivity index is 1.64. The lowest BCUT2D eigenvalue weighted by molar-refractivity contribution is -0.157. The first-order valence-corrected chi connectivity index (χ1v) is 10.0. The quantitative estimate of drug-likeness (QED) is 0.614. The fraction of sp³-hybridized carbons (Fsp3) is 0.952. The monoisotopic (exact) mass is 302 g/mol. The minimum atomic E-state index is 0.0402. The molecule has 1 heteroatoms. The summed E-state index contributed by atoms with van der Waals surface area (Å²) in [7, 11) is 0. The predicted octanol–water partition coefficient (Wildman–Crippen LogP) is 5.62. The lowest BCUT2D eigenvalue weighted by atomic mass is 9.44. The molecular weight excluding hydrogens is 268 g/mol. The summed E-state index contributed by atoms with van der Waals surface area (Å²) in [6.07, 6.45) is 13.3.